The number of rotatable bonds is 10. The maximum Gasteiger partial charge on any atom is 0.266 e. The number of hydroxylamine groups is 1. The Hall–Kier alpha value is -4.04. The number of methoxy groups -OCH3 is 1. The van der Waals surface area contributed by atoms with E-state index in [0.29, 0.717) is 36.1 Å². The SMILES string of the molecule is CCCCOc1ccc([C@H]2[C@@H]3C(=O)N(c4cccc(OC)c4)C(=O)[C@H]3ON2c2ccccc2)cc1OCC. The van der Waals surface area contributed by atoms with Crippen LogP contribution in [0.3, 0.4) is 0 Å². The summed E-state index contributed by atoms with van der Waals surface area (Å²) in [4.78, 5) is 35.0. The fourth-order valence-corrected chi connectivity index (χ4v) is 4.98. The molecule has 0 unspecified atom stereocenters. The molecule has 0 bridgehead atoms. The standard InChI is InChI=1S/C30H32N2O6/c1-4-6-17-37-24-16-15-20(18-25(24)36-5-2)27-26-28(38-32(27)21-11-8-7-9-12-21)30(34)31(29(26)33)22-13-10-14-23(19-22)35-3/h7-16,18-19,26-28H,4-6,17H2,1-3H3/t26-,27-,28-/m0/s1. The fourth-order valence-electron chi connectivity index (χ4n) is 4.98. The van der Waals surface area contributed by atoms with E-state index in [1.54, 1.807) is 36.4 Å². The molecule has 3 aromatic rings. The first kappa shape index (κ1) is 25.6. The van der Waals surface area contributed by atoms with E-state index >= 15 is 0 Å². The zero-order valence-electron chi connectivity index (χ0n) is 21.8. The lowest BCUT2D eigenvalue weighted by atomic mass is 9.90. The summed E-state index contributed by atoms with van der Waals surface area (Å²) in [5.41, 5.74) is 2.00. The second-order valence-corrected chi connectivity index (χ2v) is 9.21. The lowest BCUT2D eigenvalue weighted by Crippen LogP contribution is -2.37. The third-order valence-corrected chi connectivity index (χ3v) is 6.80. The minimum Gasteiger partial charge on any atom is -0.497 e. The van der Waals surface area contributed by atoms with Gasteiger partial charge in [-0.25, -0.2) is 9.96 Å². The largest absolute Gasteiger partial charge is 0.497 e. The Morgan fingerprint density at radius 3 is 2.37 bits per heavy atom. The molecule has 2 aliphatic heterocycles. The quantitative estimate of drug-likeness (QED) is 0.266. The number of benzene rings is 3. The van der Waals surface area contributed by atoms with Gasteiger partial charge in [-0.3, -0.25) is 14.4 Å². The molecule has 2 saturated heterocycles. The van der Waals surface area contributed by atoms with Gasteiger partial charge < -0.3 is 14.2 Å². The molecule has 0 saturated carbocycles. The van der Waals surface area contributed by atoms with Crippen molar-refractivity contribution in [3.63, 3.8) is 0 Å². The maximum atomic E-state index is 13.9. The molecule has 2 amide bonds. The Labute approximate surface area is 222 Å². The van der Waals surface area contributed by atoms with Crippen molar-refractivity contribution in [2.45, 2.75) is 38.8 Å². The predicted octanol–water partition coefficient (Wildman–Crippen LogP) is 5.32. The van der Waals surface area contributed by atoms with Crippen molar-refractivity contribution >= 4 is 23.2 Å². The summed E-state index contributed by atoms with van der Waals surface area (Å²) < 4.78 is 17.2. The Kier molecular flexibility index (Phi) is 7.51. The van der Waals surface area contributed by atoms with Crippen LogP contribution in [-0.2, 0) is 14.4 Å². The van der Waals surface area contributed by atoms with Gasteiger partial charge in [0, 0.05) is 6.07 Å². The fraction of sp³-hybridized carbons (Fsp3) is 0.333. The highest BCUT2D eigenvalue weighted by atomic mass is 16.7. The third kappa shape index (κ3) is 4.67. The number of hydrogen-bond donors (Lipinski definition) is 0. The molecule has 8 nitrogen and oxygen atoms in total. The van der Waals surface area contributed by atoms with Crippen LogP contribution in [0.2, 0.25) is 0 Å². The molecule has 0 radical (unpaired) electrons. The summed E-state index contributed by atoms with van der Waals surface area (Å²) in [6, 6.07) is 21.5. The maximum absolute atomic E-state index is 13.9. The second kappa shape index (κ2) is 11.1. The van der Waals surface area contributed by atoms with Crippen LogP contribution >= 0.6 is 0 Å². The van der Waals surface area contributed by atoms with E-state index in [-0.39, 0.29) is 5.91 Å². The number of unbranched alkanes of at least 4 members (excludes halogenated alkanes) is 1. The Morgan fingerprint density at radius 2 is 1.63 bits per heavy atom. The Balaban J connectivity index is 1.55. The summed E-state index contributed by atoms with van der Waals surface area (Å²) in [6.07, 6.45) is 0.998. The average Bonchev–Trinajstić information content (AvgIpc) is 3.46. The third-order valence-electron chi connectivity index (χ3n) is 6.80. The molecule has 38 heavy (non-hydrogen) atoms. The van der Waals surface area contributed by atoms with E-state index in [9.17, 15) is 9.59 Å². The van der Waals surface area contributed by atoms with Gasteiger partial charge in [-0.05, 0) is 55.3 Å². The lowest BCUT2D eigenvalue weighted by Gasteiger charge is -2.29. The molecule has 198 valence electrons. The molecule has 0 spiro atoms. The molecule has 2 heterocycles. The molecule has 5 rings (SSSR count). The number of anilines is 2. The van der Waals surface area contributed by atoms with Crippen molar-refractivity contribution in [2.24, 2.45) is 5.92 Å². The van der Waals surface area contributed by atoms with Crippen LogP contribution in [0.4, 0.5) is 11.4 Å². The molecular weight excluding hydrogens is 484 g/mol. The number of nitrogens with zero attached hydrogens (tertiary/aromatic N) is 2. The minimum atomic E-state index is -0.963. The van der Waals surface area contributed by atoms with E-state index in [2.05, 4.69) is 6.92 Å². The zero-order valence-corrected chi connectivity index (χ0v) is 21.8. The van der Waals surface area contributed by atoms with E-state index in [0.717, 1.165) is 24.1 Å². The van der Waals surface area contributed by atoms with Gasteiger partial charge >= 0.3 is 0 Å². The highest BCUT2D eigenvalue weighted by Crippen LogP contribution is 2.49. The zero-order chi connectivity index (χ0) is 26.6. The number of para-hydroxylation sites is 1. The second-order valence-electron chi connectivity index (χ2n) is 9.21. The van der Waals surface area contributed by atoms with Crippen molar-refractivity contribution in [1.29, 1.82) is 0 Å². The van der Waals surface area contributed by atoms with Crippen molar-refractivity contribution in [3.05, 3.63) is 78.4 Å². The first-order valence-electron chi connectivity index (χ1n) is 13.0. The number of imide groups is 1. The van der Waals surface area contributed by atoms with Gasteiger partial charge in [0.25, 0.3) is 5.91 Å². The lowest BCUT2D eigenvalue weighted by molar-refractivity contribution is -0.126. The van der Waals surface area contributed by atoms with Gasteiger partial charge in [0.05, 0.1) is 37.7 Å². The first-order chi connectivity index (χ1) is 18.6. The van der Waals surface area contributed by atoms with Crippen molar-refractivity contribution in [2.75, 3.05) is 30.3 Å². The number of carbonyl (C=O) groups is 2. The topological polar surface area (TPSA) is 77.5 Å². The minimum absolute atomic E-state index is 0.321. The normalized spacial score (nSPS) is 20.6. The van der Waals surface area contributed by atoms with Crippen molar-refractivity contribution in [3.8, 4) is 17.2 Å². The number of amides is 2. The van der Waals surface area contributed by atoms with Gasteiger partial charge in [-0.15, -0.1) is 0 Å². The van der Waals surface area contributed by atoms with Gasteiger partial charge in [0.1, 0.15) is 11.7 Å². The molecule has 3 aromatic carbocycles. The molecule has 0 aromatic heterocycles. The molecule has 2 fully saturated rings. The van der Waals surface area contributed by atoms with Crippen LogP contribution in [0.5, 0.6) is 17.2 Å². The molecule has 8 heteroatoms. The monoisotopic (exact) mass is 516 g/mol. The van der Waals surface area contributed by atoms with Crippen LogP contribution in [0.25, 0.3) is 0 Å². The van der Waals surface area contributed by atoms with E-state index < -0.39 is 24.0 Å². The number of carbonyl (C=O) groups excluding carboxylic acids is 2. The van der Waals surface area contributed by atoms with Crippen LogP contribution in [0.15, 0.2) is 72.8 Å². The molecular formula is C30H32N2O6. The Bertz CT molecular complexity index is 1300. The summed E-state index contributed by atoms with van der Waals surface area (Å²) in [7, 11) is 1.55. The highest BCUT2D eigenvalue weighted by molar-refractivity contribution is 6.24. The van der Waals surface area contributed by atoms with E-state index in [4.69, 9.17) is 19.0 Å². The molecule has 0 aliphatic carbocycles. The van der Waals surface area contributed by atoms with Crippen molar-refractivity contribution in [1.82, 2.24) is 0 Å². The number of ether oxygens (including phenoxy) is 3. The van der Waals surface area contributed by atoms with Crippen LogP contribution < -0.4 is 24.2 Å². The first-order valence-corrected chi connectivity index (χ1v) is 13.0. The van der Waals surface area contributed by atoms with Crippen LogP contribution in [-0.4, -0.2) is 38.2 Å². The van der Waals surface area contributed by atoms with Gasteiger partial charge in [0.2, 0.25) is 5.91 Å². The number of hydrogen-bond acceptors (Lipinski definition) is 7. The van der Waals surface area contributed by atoms with E-state index in [1.807, 2.05) is 55.5 Å². The average molecular weight is 517 g/mol. The Morgan fingerprint density at radius 1 is 0.842 bits per heavy atom. The molecule has 3 atom stereocenters. The smallest absolute Gasteiger partial charge is 0.266 e. The van der Waals surface area contributed by atoms with Gasteiger partial charge in [-0.1, -0.05) is 43.7 Å². The van der Waals surface area contributed by atoms with Gasteiger partial charge in [-0.2, -0.15) is 0 Å². The molecule has 2 aliphatic rings. The van der Waals surface area contributed by atoms with Crippen LogP contribution in [0.1, 0.15) is 38.3 Å². The predicted molar refractivity (Wildman–Crippen MR) is 144 cm³/mol. The summed E-state index contributed by atoms with van der Waals surface area (Å²) in [6.45, 7) is 5.08. The molecule has 0 N–H and O–H groups in total. The summed E-state index contributed by atoms with van der Waals surface area (Å²) in [5.74, 6) is 0.328. The van der Waals surface area contributed by atoms with E-state index in [1.165, 1.54) is 4.90 Å². The highest BCUT2D eigenvalue weighted by Gasteiger charge is 2.60. The summed E-state index contributed by atoms with van der Waals surface area (Å²) in [5, 5.41) is 1.68. The summed E-state index contributed by atoms with van der Waals surface area (Å²) >= 11 is 0. The van der Waals surface area contributed by atoms with Crippen molar-refractivity contribution < 1.29 is 28.6 Å². The van der Waals surface area contributed by atoms with Gasteiger partial charge in [0.15, 0.2) is 17.6 Å². The number of fused-ring (bicyclic) bond motifs is 1. The van der Waals surface area contributed by atoms with Crippen LogP contribution in [0, 0.1) is 5.92 Å².